The average molecular weight is 457 g/mol. The zero-order chi connectivity index (χ0) is 23.7. The van der Waals surface area contributed by atoms with E-state index in [0.717, 1.165) is 29.4 Å². The van der Waals surface area contributed by atoms with Crippen LogP contribution in [0, 0.1) is 0 Å². The third kappa shape index (κ3) is 4.14. The van der Waals surface area contributed by atoms with E-state index in [1.165, 1.54) is 35.4 Å². The predicted octanol–water partition coefficient (Wildman–Crippen LogP) is 4.69. The maximum absolute atomic E-state index is 13.5. The van der Waals surface area contributed by atoms with Gasteiger partial charge in [-0.05, 0) is 67.3 Å². The van der Waals surface area contributed by atoms with Gasteiger partial charge in [-0.15, -0.1) is 0 Å². The number of piperidine rings is 1. The number of amides is 3. The molecule has 0 bridgehead atoms. The van der Waals surface area contributed by atoms with Crippen molar-refractivity contribution in [1.29, 1.82) is 0 Å². The lowest BCUT2D eigenvalue weighted by Crippen LogP contribution is -2.43. The summed E-state index contributed by atoms with van der Waals surface area (Å²) in [5.74, 6) is -0.219. The molecule has 6 nitrogen and oxygen atoms in total. The van der Waals surface area contributed by atoms with Crippen LogP contribution < -0.4 is 10.2 Å². The Bertz CT molecular complexity index is 1220. The van der Waals surface area contributed by atoms with Crippen LogP contribution in [0.2, 0.25) is 0 Å². The number of benzene rings is 3. The first-order chi connectivity index (χ1) is 16.5. The molecule has 0 aliphatic carbocycles. The fourth-order valence-electron chi connectivity index (χ4n) is 5.19. The molecule has 0 unspecified atom stereocenters. The maximum atomic E-state index is 13.5. The standard InChI is InChI=1S/C28H32N4O2/c1-28(24-15-14-21-10-4-5-11-22(21)18-24)26(33)32(27(34)29-28)20-30(2)19-23-12-6-7-13-25(23)31-16-8-3-9-17-31/h4-7,10-15,18H,3,8-9,16-17,19-20H2,1-2H3,(H,29,34)/t28-/m1/s1. The number of nitrogens with zero attached hydrogens (tertiary/aromatic N) is 3. The maximum Gasteiger partial charge on any atom is 0.326 e. The molecule has 34 heavy (non-hydrogen) atoms. The summed E-state index contributed by atoms with van der Waals surface area (Å²) in [5.41, 5.74) is 2.20. The third-order valence-electron chi connectivity index (χ3n) is 7.11. The molecule has 1 atom stereocenters. The van der Waals surface area contributed by atoms with Crippen LogP contribution in [0.15, 0.2) is 66.7 Å². The van der Waals surface area contributed by atoms with Crippen molar-refractivity contribution in [2.24, 2.45) is 0 Å². The van der Waals surface area contributed by atoms with E-state index in [0.29, 0.717) is 6.54 Å². The highest BCUT2D eigenvalue weighted by Crippen LogP contribution is 2.31. The van der Waals surface area contributed by atoms with Crippen molar-refractivity contribution in [3.63, 3.8) is 0 Å². The molecule has 0 spiro atoms. The Kier molecular flexibility index (Phi) is 6.00. The summed E-state index contributed by atoms with van der Waals surface area (Å²) in [6.45, 7) is 4.86. The summed E-state index contributed by atoms with van der Waals surface area (Å²) >= 11 is 0. The van der Waals surface area contributed by atoms with Gasteiger partial charge in [0.2, 0.25) is 0 Å². The van der Waals surface area contributed by atoms with Crippen molar-refractivity contribution >= 4 is 28.4 Å². The van der Waals surface area contributed by atoms with Crippen LogP contribution in [-0.2, 0) is 16.9 Å². The zero-order valence-electron chi connectivity index (χ0n) is 20.0. The van der Waals surface area contributed by atoms with Crippen LogP contribution in [0.3, 0.4) is 0 Å². The number of rotatable bonds is 6. The van der Waals surface area contributed by atoms with Gasteiger partial charge >= 0.3 is 6.03 Å². The van der Waals surface area contributed by atoms with Gasteiger partial charge < -0.3 is 10.2 Å². The van der Waals surface area contributed by atoms with Crippen LogP contribution in [0.4, 0.5) is 10.5 Å². The molecule has 3 amide bonds. The van der Waals surface area contributed by atoms with Crippen molar-refractivity contribution in [3.05, 3.63) is 77.9 Å². The quantitative estimate of drug-likeness (QED) is 0.547. The summed E-state index contributed by atoms with van der Waals surface area (Å²) in [7, 11) is 1.96. The lowest BCUT2D eigenvalue weighted by Gasteiger charge is -2.32. The van der Waals surface area contributed by atoms with Crippen molar-refractivity contribution in [2.45, 2.75) is 38.3 Å². The smallest absolute Gasteiger partial charge is 0.326 e. The second-order valence-electron chi connectivity index (χ2n) is 9.68. The van der Waals surface area contributed by atoms with Gasteiger partial charge in [0, 0.05) is 25.3 Å². The first kappa shape index (κ1) is 22.4. The second-order valence-corrected chi connectivity index (χ2v) is 9.68. The van der Waals surface area contributed by atoms with Gasteiger partial charge in [-0.2, -0.15) is 0 Å². The van der Waals surface area contributed by atoms with Crippen LogP contribution in [0.1, 0.15) is 37.3 Å². The minimum atomic E-state index is -1.08. The molecule has 176 valence electrons. The largest absolute Gasteiger partial charge is 0.371 e. The molecule has 0 radical (unpaired) electrons. The third-order valence-corrected chi connectivity index (χ3v) is 7.11. The van der Waals surface area contributed by atoms with Crippen molar-refractivity contribution in [3.8, 4) is 0 Å². The van der Waals surface area contributed by atoms with E-state index in [1.807, 2.05) is 54.4 Å². The van der Waals surface area contributed by atoms with E-state index in [4.69, 9.17) is 0 Å². The number of fused-ring (bicyclic) bond motifs is 1. The summed E-state index contributed by atoms with van der Waals surface area (Å²) in [6.07, 6.45) is 3.74. The fraction of sp³-hybridized carbons (Fsp3) is 0.357. The van der Waals surface area contributed by atoms with E-state index in [9.17, 15) is 9.59 Å². The van der Waals surface area contributed by atoms with Gasteiger partial charge in [0.25, 0.3) is 5.91 Å². The van der Waals surface area contributed by atoms with Crippen molar-refractivity contribution in [1.82, 2.24) is 15.1 Å². The first-order valence-electron chi connectivity index (χ1n) is 12.1. The molecule has 2 fully saturated rings. The number of para-hydroxylation sites is 1. The molecule has 2 heterocycles. The highest BCUT2D eigenvalue weighted by Gasteiger charge is 2.49. The Morgan fingerprint density at radius 1 is 0.912 bits per heavy atom. The molecular formula is C28H32N4O2. The summed E-state index contributed by atoms with van der Waals surface area (Å²) in [4.78, 5) is 32.2. The fourth-order valence-corrected chi connectivity index (χ4v) is 5.19. The highest BCUT2D eigenvalue weighted by atomic mass is 16.2. The van der Waals surface area contributed by atoms with Crippen LogP contribution in [0.5, 0.6) is 0 Å². The van der Waals surface area contributed by atoms with E-state index in [-0.39, 0.29) is 18.6 Å². The van der Waals surface area contributed by atoms with Crippen LogP contribution in [-0.4, -0.2) is 48.5 Å². The minimum Gasteiger partial charge on any atom is -0.371 e. The Balaban J connectivity index is 1.32. The minimum absolute atomic E-state index is 0.219. The number of nitrogens with one attached hydrogen (secondary N) is 1. The molecule has 0 saturated carbocycles. The van der Waals surface area contributed by atoms with E-state index >= 15 is 0 Å². The second kappa shape index (κ2) is 9.11. The number of urea groups is 1. The van der Waals surface area contributed by atoms with Gasteiger partial charge in [0.15, 0.2) is 0 Å². The monoisotopic (exact) mass is 456 g/mol. The van der Waals surface area contributed by atoms with Crippen molar-refractivity contribution < 1.29 is 9.59 Å². The van der Waals surface area contributed by atoms with Gasteiger partial charge in [0.1, 0.15) is 5.54 Å². The first-order valence-corrected chi connectivity index (χ1v) is 12.1. The number of hydrogen-bond acceptors (Lipinski definition) is 4. The molecule has 1 N–H and O–H groups in total. The van der Waals surface area contributed by atoms with Crippen molar-refractivity contribution in [2.75, 3.05) is 31.7 Å². The molecule has 6 heteroatoms. The lowest BCUT2D eigenvalue weighted by molar-refractivity contribution is -0.132. The Hall–Kier alpha value is -3.38. The summed E-state index contributed by atoms with van der Waals surface area (Å²) in [6, 6.07) is 22.1. The van der Waals surface area contributed by atoms with Crippen LogP contribution in [0.25, 0.3) is 10.8 Å². The normalized spacial score (nSPS) is 20.9. The number of anilines is 1. The topological polar surface area (TPSA) is 55.9 Å². The van der Waals surface area contributed by atoms with Crippen LogP contribution >= 0.6 is 0 Å². The number of hydrogen-bond donors (Lipinski definition) is 1. The Labute approximate surface area is 201 Å². The predicted molar refractivity (Wildman–Crippen MR) is 136 cm³/mol. The lowest BCUT2D eigenvalue weighted by atomic mass is 9.90. The summed E-state index contributed by atoms with van der Waals surface area (Å²) < 4.78 is 0. The zero-order valence-corrected chi connectivity index (χ0v) is 20.0. The molecule has 2 saturated heterocycles. The molecule has 0 aromatic heterocycles. The SMILES string of the molecule is CN(Cc1ccccc1N1CCCCC1)CN1C(=O)N[C@](C)(c2ccc3ccccc3c2)C1=O. The highest BCUT2D eigenvalue weighted by molar-refractivity contribution is 6.07. The molecule has 2 aliphatic heterocycles. The average Bonchev–Trinajstić information content (AvgIpc) is 3.08. The van der Waals surface area contributed by atoms with E-state index in [1.54, 1.807) is 6.92 Å². The Morgan fingerprint density at radius 2 is 1.62 bits per heavy atom. The van der Waals surface area contributed by atoms with Gasteiger partial charge in [-0.25, -0.2) is 9.69 Å². The molecule has 5 rings (SSSR count). The van der Waals surface area contributed by atoms with E-state index < -0.39 is 5.54 Å². The molecule has 2 aliphatic rings. The van der Waals surface area contributed by atoms with Gasteiger partial charge in [-0.3, -0.25) is 9.69 Å². The number of imide groups is 1. The number of carbonyl (C=O) groups excluding carboxylic acids is 2. The Morgan fingerprint density at radius 3 is 2.41 bits per heavy atom. The van der Waals surface area contributed by atoms with Gasteiger partial charge in [-0.1, -0.05) is 54.6 Å². The molecule has 3 aromatic carbocycles. The summed E-state index contributed by atoms with van der Waals surface area (Å²) in [5, 5.41) is 5.10. The molecule has 3 aromatic rings. The van der Waals surface area contributed by atoms with Gasteiger partial charge in [0.05, 0.1) is 6.67 Å². The van der Waals surface area contributed by atoms with E-state index in [2.05, 4.69) is 34.5 Å². The molecular weight excluding hydrogens is 424 g/mol. The number of carbonyl (C=O) groups is 2.